The number of carbonyl (C=O) groups excluding carboxylic acids is 2. The second-order valence-electron chi connectivity index (χ2n) is 6.78. The zero-order valence-electron chi connectivity index (χ0n) is 16.7. The predicted octanol–water partition coefficient (Wildman–Crippen LogP) is 6.28. The van der Waals surface area contributed by atoms with Gasteiger partial charge in [0.05, 0.1) is 17.6 Å². The Morgan fingerprint density at radius 3 is 2.16 bits per heavy atom. The summed E-state index contributed by atoms with van der Waals surface area (Å²) in [7, 11) is 0. The molecule has 0 saturated carbocycles. The average molecular weight is 482 g/mol. The summed E-state index contributed by atoms with van der Waals surface area (Å²) >= 11 is 13.0. The molecule has 5 nitrogen and oxygen atoms in total. The van der Waals surface area contributed by atoms with Gasteiger partial charge in [-0.25, -0.2) is 4.98 Å². The van der Waals surface area contributed by atoms with Crippen LogP contribution >= 0.6 is 35.0 Å². The lowest BCUT2D eigenvalue weighted by Crippen LogP contribution is -2.17. The molecule has 1 heterocycles. The highest BCUT2D eigenvalue weighted by Gasteiger charge is 2.20. The third-order valence-electron chi connectivity index (χ3n) is 4.55. The Kier molecular flexibility index (Phi) is 6.95. The first-order chi connectivity index (χ1) is 15.5. The Balaban J connectivity index is 1.59. The Hall–Kier alpha value is -3.06. The number of hydrogen-bond acceptors (Lipinski definition) is 4. The molecule has 0 unspecified atom stereocenters. The molecule has 4 rings (SSSR count). The second kappa shape index (κ2) is 10.0. The molecule has 4 aromatic rings. The predicted molar refractivity (Wildman–Crippen MR) is 130 cm³/mol. The van der Waals surface area contributed by atoms with Crippen LogP contribution in [-0.2, 0) is 4.79 Å². The van der Waals surface area contributed by atoms with Crippen LogP contribution in [0.3, 0.4) is 0 Å². The minimum atomic E-state index is -0.251. The zero-order chi connectivity index (χ0) is 22.5. The molecule has 0 aliphatic rings. The molecular weight excluding hydrogens is 465 g/mol. The zero-order valence-corrected chi connectivity index (χ0v) is 19.0. The number of carbonyl (C=O) groups is 2. The second-order valence-corrected chi connectivity index (χ2v) is 8.60. The molecule has 32 heavy (non-hydrogen) atoms. The number of aromatic nitrogens is 2. The molecule has 8 heteroatoms. The third kappa shape index (κ3) is 5.22. The van der Waals surface area contributed by atoms with Crippen molar-refractivity contribution in [1.82, 2.24) is 9.55 Å². The van der Waals surface area contributed by atoms with E-state index in [0.717, 1.165) is 5.56 Å². The van der Waals surface area contributed by atoms with Crippen molar-refractivity contribution in [2.75, 3.05) is 11.1 Å². The van der Waals surface area contributed by atoms with Crippen LogP contribution in [0.4, 0.5) is 5.69 Å². The summed E-state index contributed by atoms with van der Waals surface area (Å²) in [5, 5.41) is 4.37. The number of nitrogens with zero attached hydrogens (tertiary/aromatic N) is 2. The van der Waals surface area contributed by atoms with Crippen molar-refractivity contribution in [3.05, 3.63) is 101 Å². The fourth-order valence-electron chi connectivity index (χ4n) is 3.03. The maximum Gasteiger partial charge on any atom is 0.264 e. The lowest BCUT2D eigenvalue weighted by atomic mass is 10.1. The number of halogens is 2. The van der Waals surface area contributed by atoms with Gasteiger partial charge in [0.25, 0.3) is 5.91 Å². The van der Waals surface area contributed by atoms with Crippen molar-refractivity contribution in [2.45, 2.75) is 5.16 Å². The number of thioether (sulfide) groups is 1. The van der Waals surface area contributed by atoms with Crippen LogP contribution in [0.1, 0.15) is 10.4 Å². The summed E-state index contributed by atoms with van der Waals surface area (Å²) in [6.07, 6.45) is 1.64. The number of nitrogens with one attached hydrogen (secondary N) is 1. The van der Waals surface area contributed by atoms with Crippen molar-refractivity contribution in [3.8, 4) is 11.3 Å². The molecule has 0 bridgehead atoms. The Bertz CT molecular complexity index is 1240. The first kappa shape index (κ1) is 22.1. The van der Waals surface area contributed by atoms with E-state index < -0.39 is 0 Å². The van der Waals surface area contributed by atoms with E-state index >= 15 is 0 Å². The molecule has 0 saturated heterocycles. The molecular formula is C24H17Cl2N3O2S. The van der Waals surface area contributed by atoms with Crippen molar-refractivity contribution in [2.24, 2.45) is 0 Å². The summed E-state index contributed by atoms with van der Waals surface area (Å²) in [6.45, 7) is 0. The van der Waals surface area contributed by atoms with Gasteiger partial charge in [0.2, 0.25) is 5.91 Å². The van der Waals surface area contributed by atoms with E-state index in [9.17, 15) is 9.59 Å². The van der Waals surface area contributed by atoms with Gasteiger partial charge in [-0.1, -0.05) is 65.3 Å². The molecule has 160 valence electrons. The largest absolute Gasteiger partial charge is 0.325 e. The van der Waals surface area contributed by atoms with E-state index in [-0.39, 0.29) is 17.6 Å². The van der Waals surface area contributed by atoms with Crippen LogP contribution in [0.5, 0.6) is 0 Å². The quantitative estimate of drug-likeness (QED) is 0.329. The molecule has 3 aromatic carbocycles. The minimum Gasteiger partial charge on any atom is -0.325 e. The molecule has 0 spiro atoms. The topological polar surface area (TPSA) is 64.0 Å². The van der Waals surface area contributed by atoms with Crippen LogP contribution in [0.15, 0.2) is 90.2 Å². The van der Waals surface area contributed by atoms with E-state index in [1.165, 1.54) is 16.3 Å². The van der Waals surface area contributed by atoms with Gasteiger partial charge in [-0.15, -0.1) is 0 Å². The lowest BCUT2D eigenvalue weighted by molar-refractivity contribution is -0.113. The van der Waals surface area contributed by atoms with Gasteiger partial charge in [0, 0.05) is 26.9 Å². The Morgan fingerprint density at radius 2 is 1.50 bits per heavy atom. The van der Waals surface area contributed by atoms with E-state index in [1.807, 2.05) is 30.3 Å². The van der Waals surface area contributed by atoms with Gasteiger partial charge in [-0.2, -0.15) is 0 Å². The maximum atomic E-state index is 13.4. The van der Waals surface area contributed by atoms with Gasteiger partial charge in [-0.3, -0.25) is 14.2 Å². The number of amides is 1. The van der Waals surface area contributed by atoms with Crippen molar-refractivity contribution >= 4 is 52.5 Å². The van der Waals surface area contributed by atoms with Crippen molar-refractivity contribution in [3.63, 3.8) is 0 Å². The third-order valence-corrected chi connectivity index (χ3v) is 6.01. The van der Waals surface area contributed by atoms with Crippen molar-refractivity contribution in [1.29, 1.82) is 0 Å². The minimum absolute atomic E-state index is 0.0851. The first-order valence-corrected chi connectivity index (χ1v) is 11.4. The molecule has 0 aliphatic carbocycles. The van der Waals surface area contributed by atoms with E-state index in [2.05, 4.69) is 10.3 Å². The number of anilines is 1. The summed E-state index contributed by atoms with van der Waals surface area (Å²) in [4.78, 5) is 30.2. The number of benzene rings is 3. The Morgan fingerprint density at radius 1 is 0.875 bits per heavy atom. The van der Waals surface area contributed by atoms with Crippen LogP contribution in [-0.4, -0.2) is 27.1 Å². The van der Waals surface area contributed by atoms with Crippen LogP contribution in [0.2, 0.25) is 10.0 Å². The number of imidazole rings is 1. The first-order valence-electron chi connectivity index (χ1n) is 9.63. The fraction of sp³-hybridized carbons (Fsp3) is 0.0417. The molecule has 0 atom stereocenters. The van der Waals surface area contributed by atoms with Crippen LogP contribution in [0.25, 0.3) is 11.3 Å². The number of rotatable bonds is 6. The molecule has 1 amide bonds. The molecule has 0 fully saturated rings. The monoisotopic (exact) mass is 481 g/mol. The maximum absolute atomic E-state index is 13.4. The summed E-state index contributed by atoms with van der Waals surface area (Å²) in [5.74, 6) is -0.382. The van der Waals surface area contributed by atoms with E-state index in [0.29, 0.717) is 32.1 Å². The highest BCUT2D eigenvalue weighted by Crippen LogP contribution is 2.28. The standard InChI is InChI=1S/C24H17Cl2N3O2S/c25-18-8-6-17(7-9-18)23(31)29-21(16-4-2-1-3-5-16)14-27-24(29)32-15-22(30)28-20-12-10-19(26)11-13-20/h1-14H,15H2,(H,28,30). The highest BCUT2D eigenvalue weighted by molar-refractivity contribution is 7.99. The lowest BCUT2D eigenvalue weighted by Gasteiger charge is -2.11. The smallest absolute Gasteiger partial charge is 0.264 e. The molecule has 0 aliphatic heterocycles. The van der Waals surface area contributed by atoms with Crippen molar-refractivity contribution < 1.29 is 9.59 Å². The normalized spacial score (nSPS) is 10.7. The number of hydrogen-bond donors (Lipinski definition) is 1. The molecule has 1 aromatic heterocycles. The SMILES string of the molecule is O=C(CSc1ncc(-c2ccccc2)n1C(=O)c1ccc(Cl)cc1)Nc1ccc(Cl)cc1. The van der Waals surface area contributed by atoms with Gasteiger partial charge in [0.15, 0.2) is 5.16 Å². The molecule has 0 radical (unpaired) electrons. The van der Waals surface area contributed by atoms with Gasteiger partial charge >= 0.3 is 0 Å². The summed E-state index contributed by atoms with van der Waals surface area (Å²) in [6, 6.07) is 23.0. The summed E-state index contributed by atoms with van der Waals surface area (Å²) in [5.41, 5.74) is 2.61. The Labute approximate surface area is 199 Å². The van der Waals surface area contributed by atoms with Gasteiger partial charge in [0.1, 0.15) is 0 Å². The van der Waals surface area contributed by atoms with Crippen LogP contribution < -0.4 is 5.32 Å². The van der Waals surface area contributed by atoms with E-state index in [4.69, 9.17) is 23.2 Å². The van der Waals surface area contributed by atoms with Crippen LogP contribution in [0, 0.1) is 0 Å². The fourth-order valence-corrected chi connectivity index (χ4v) is 4.05. The van der Waals surface area contributed by atoms with Gasteiger partial charge < -0.3 is 5.32 Å². The molecule has 1 N–H and O–H groups in total. The van der Waals surface area contributed by atoms with Gasteiger partial charge in [-0.05, 0) is 48.5 Å². The average Bonchev–Trinajstić information content (AvgIpc) is 3.24. The van der Waals surface area contributed by atoms with E-state index in [1.54, 1.807) is 54.7 Å². The summed E-state index contributed by atoms with van der Waals surface area (Å²) < 4.78 is 1.53. The highest BCUT2D eigenvalue weighted by atomic mass is 35.5.